The quantitative estimate of drug-likeness (QED) is 0.897. The van der Waals surface area contributed by atoms with Crippen LogP contribution in [0.4, 0.5) is 0 Å². The van der Waals surface area contributed by atoms with Gasteiger partial charge in [0.05, 0.1) is 24.3 Å². The first-order valence-corrected chi connectivity index (χ1v) is 6.66. The molecule has 1 N–H and O–H groups in total. The number of para-hydroxylation sites is 1. The van der Waals surface area contributed by atoms with Gasteiger partial charge in [0.25, 0.3) is 0 Å². The second kappa shape index (κ2) is 5.05. The van der Waals surface area contributed by atoms with Gasteiger partial charge in [0.2, 0.25) is 0 Å². The number of nitrogens with zero attached hydrogens (tertiary/aromatic N) is 2. The molecule has 1 aliphatic rings. The fraction of sp³-hybridized carbons (Fsp3) is 0.400. The van der Waals surface area contributed by atoms with Crippen LogP contribution >= 0.6 is 0 Å². The summed E-state index contributed by atoms with van der Waals surface area (Å²) in [6, 6.07) is 8.20. The van der Waals surface area contributed by atoms with Gasteiger partial charge in [0.15, 0.2) is 0 Å². The molecule has 1 aliphatic carbocycles. The summed E-state index contributed by atoms with van der Waals surface area (Å²) in [7, 11) is 0. The Morgan fingerprint density at radius 1 is 1.42 bits per heavy atom. The van der Waals surface area contributed by atoms with Crippen LogP contribution < -0.4 is 4.74 Å². The average Bonchev–Trinajstić information content (AvgIpc) is 3.15. The van der Waals surface area contributed by atoms with E-state index in [0.29, 0.717) is 12.6 Å². The maximum absolute atomic E-state index is 9.72. The molecule has 4 heteroatoms. The maximum atomic E-state index is 9.72. The molecule has 0 bridgehead atoms. The van der Waals surface area contributed by atoms with Crippen molar-refractivity contribution in [3.63, 3.8) is 0 Å². The zero-order valence-electron chi connectivity index (χ0n) is 11.0. The van der Waals surface area contributed by atoms with E-state index in [1.807, 2.05) is 36.8 Å². The number of hydrogen-bond donors (Lipinski definition) is 1. The van der Waals surface area contributed by atoms with E-state index in [0.717, 1.165) is 17.0 Å². The molecule has 2 aromatic rings. The molecule has 4 nitrogen and oxygen atoms in total. The third-order valence-electron chi connectivity index (χ3n) is 3.43. The van der Waals surface area contributed by atoms with Gasteiger partial charge in [-0.15, -0.1) is 0 Å². The molecule has 0 saturated heterocycles. The summed E-state index contributed by atoms with van der Waals surface area (Å²) in [4.78, 5) is 4.19. The van der Waals surface area contributed by atoms with Gasteiger partial charge in [-0.3, -0.25) is 0 Å². The van der Waals surface area contributed by atoms with Crippen molar-refractivity contribution in [2.24, 2.45) is 0 Å². The Balaban J connectivity index is 1.73. The summed E-state index contributed by atoms with van der Waals surface area (Å²) >= 11 is 0. The van der Waals surface area contributed by atoms with Crippen molar-refractivity contribution < 1.29 is 9.84 Å². The van der Waals surface area contributed by atoms with E-state index >= 15 is 0 Å². The van der Waals surface area contributed by atoms with Gasteiger partial charge in [-0.25, -0.2) is 4.98 Å². The standard InChI is InChI=1S/C15H18N2O2/c1-11(18)14-4-2-3-5-15(14)19-9-13-8-16-10-17(13)12-6-7-12/h2-5,8,10-12,18H,6-7,9H2,1H3. The lowest BCUT2D eigenvalue weighted by Crippen LogP contribution is -2.05. The van der Waals surface area contributed by atoms with Crippen LogP contribution in [0.1, 0.15) is 43.2 Å². The molecular formula is C15H18N2O2. The van der Waals surface area contributed by atoms with Crippen molar-refractivity contribution in [1.82, 2.24) is 9.55 Å². The van der Waals surface area contributed by atoms with Gasteiger partial charge in [0, 0.05) is 11.6 Å². The van der Waals surface area contributed by atoms with E-state index in [4.69, 9.17) is 4.74 Å². The van der Waals surface area contributed by atoms with Gasteiger partial charge in [-0.2, -0.15) is 0 Å². The Hall–Kier alpha value is -1.81. The molecule has 1 aromatic heterocycles. The Labute approximate surface area is 112 Å². The number of imidazole rings is 1. The normalized spacial score (nSPS) is 16.3. The van der Waals surface area contributed by atoms with Crippen molar-refractivity contribution in [2.45, 2.75) is 38.5 Å². The highest BCUT2D eigenvalue weighted by atomic mass is 16.5. The monoisotopic (exact) mass is 258 g/mol. The van der Waals surface area contributed by atoms with Crippen LogP contribution in [0.5, 0.6) is 5.75 Å². The smallest absolute Gasteiger partial charge is 0.130 e. The predicted octanol–water partition coefficient (Wildman–Crippen LogP) is 2.85. The van der Waals surface area contributed by atoms with Crippen LogP contribution in [0.2, 0.25) is 0 Å². The minimum atomic E-state index is -0.524. The largest absolute Gasteiger partial charge is 0.487 e. The summed E-state index contributed by atoms with van der Waals surface area (Å²) in [6.07, 6.45) is 5.66. The lowest BCUT2D eigenvalue weighted by molar-refractivity contribution is 0.189. The van der Waals surface area contributed by atoms with E-state index in [1.165, 1.54) is 12.8 Å². The number of rotatable bonds is 5. The zero-order valence-corrected chi connectivity index (χ0v) is 11.0. The highest BCUT2D eigenvalue weighted by Crippen LogP contribution is 2.36. The summed E-state index contributed by atoms with van der Waals surface area (Å²) in [5.41, 5.74) is 1.91. The molecule has 1 saturated carbocycles. The molecular weight excluding hydrogens is 240 g/mol. The molecule has 1 heterocycles. The summed E-state index contributed by atoms with van der Waals surface area (Å²) in [5, 5.41) is 9.72. The van der Waals surface area contributed by atoms with Crippen LogP contribution in [-0.4, -0.2) is 14.7 Å². The third kappa shape index (κ3) is 2.63. The topological polar surface area (TPSA) is 47.3 Å². The number of aromatic nitrogens is 2. The first kappa shape index (κ1) is 12.2. The molecule has 0 aliphatic heterocycles. The molecule has 0 spiro atoms. The molecule has 0 amide bonds. The second-order valence-corrected chi connectivity index (χ2v) is 5.03. The fourth-order valence-electron chi connectivity index (χ4n) is 2.23. The Kier molecular flexibility index (Phi) is 3.25. The van der Waals surface area contributed by atoms with E-state index in [1.54, 1.807) is 6.92 Å². The van der Waals surface area contributed by atoms with Crippen LogP contribution in [0.3, 0.4) is 0 Å². The van der Waals surface area contributed by atoms with Crippen LogP contribution in [0.25, 0.3) is 0 Å². The van der Waals surface area contributed by atoms with Gasteiger partial charge < -0.3 is 14.4 Å². The molecule has 0 radical (unpaired) electrons. The van der Waals surface area contributed by atoms with Gasteiger partial charge in [-0.1, -0.05) is 18.2 Å². The lowest BCUT2D eigenvalue weighted by atomic mass is 10.1. The minimum Gasteiger partial charge on any atom is -0.487 e. The lowest BCUT2D eigenvalue weighted by Gasteiger charge is -2.14. The molecule has 1 atom stereocenters. The van der Waals surface area contributed by atoms with E-state index in [-0.39, 0.29) is 0 Å². The second-order valence-electron chi connectivity index (χ2n) is 5.03. The molecule has 1 unspecified atom stereocenters. The van der Waals surface area contributed by atoms with Crippen molar-refractivity contribution in [3.8, 4) is 5.75 Å². The van der Waals surface area contributed by atoms with Crippen molar-refractivity contribution in [3.05, 3.63) is 48.0 Å². The number of aliphatic hydroxyl groups is 1. The first-order valence-electron chi connectivity index (χ1n) is 6.66. The van der Waals surface area contributed by atoms with E-state index in [2.05, 4.69) is 9.55 Å². The Morgan fingerprint density at radius 3 is 2.95 bits per heavy atom. The van der Waals surface area contributed by atoms with Gasteiger partial charge in [-0.05, 0) is 25.8 Å². The van der Waals surface area contributed by atoms with Crippen molar-refractivity contribution in [2.75, 3.05) is 0 Å². The Morgan fingerprint density at radius 2 is 2.21 bits per heavy atom. The highest BCUT2D eigenvalue weighted by Gasteiger charge is 2.25. The van der Waals surface area contributed by atoms with Crippen molar-refractivity contribution in [1.29, 1.82) is 0 Å². The number of aliphatic hydroxyl groups excluding tert-OH is 1. The van der Waals surface area contributed by atoms with E-state index < -0.39 is 6.10 Å². The van der Waals surface area contributed by atoms with Crippen molar-refractivity contribution >= 4 is 0 Å². The van der Waals surface area contributed by atoms with Gasteiger partial charge in [0.1, 0.15) is 12.4 Å². The van der Waals surface area contributed by atoms with E-state index in [9.17, 15) is 5.11 Å². The van der Waals surface area contributed by atoms with Crippen LogP contribution in [0, 0.1) is 0 Å². The molecule has 1 fully saturated rings. The first-order chi connectivity index (χ1) is 9.25. The molecule has 3 rings (SSSR count). The molecule has 100 valence electrons. The minimum absolute atomic E-state index is 0.486. The SMILES string of the molecule is CC(O)c1ccccc1OCc1cncn1C1CC1. The maximum Gasteiger partial charge on any atom is 0.130 e. The fourth-order valence-corrected chi connectivity index (χ4v) is 2.23. The third-order valence-corrected chi connectivity index (χ3v) is 3.43. The van der Waals surface area contributed by atoms with Crippen LogP contribution in [-0.2, 0) is 6.61 Å². The van der Waals surface area contributed by atoms with Gasteiger partial charge >= 0.3 is 0 Å². The number of benzene rings is 1. The van der Waals surface area contributed by atoms with Crippen LogP contribution in [0.15, 0.2) is 36.8 Å². The molecule has 19 heavy (non-hydrogen) atoms. The average molecular weight is 258 g/mol. The molecule has 1 aromatic carbocycles. The highest BCUT2D eigenvalue weighted by molar-refractivity contribution is 5.34. The summed E-state index contributed by atoms with van der Waals surface area (Å²) in [6.45, 7) is 2.23. The number of hydrogen-bond acceptors (Lipinski definition) is 3. The number of ether oxygens (including phenoxy) is 1. The predicted molar refractivity (Wildman–Crippen MR) is 71.9 cm³/mol. The zero-order chi connectivity index (χ0) is 13.2. The summed E-state index contributed by atoms with van der Waals surface area (Å²) < 4.78 is 8.03. The Bertz CT molecular complexity index is 559. The summed E-state index contributed by atoms with van der Waals surface area (Å²) in [5.74, 6) is 0.737.